The lowest BCUT2D eigenvalue weighted by Crippen LogP contribution is -2.52. The topological polar surface area (TPSA) is 58.4 Å². The Balaban J connectivity index is 1.96. The zero-order valence-electron chi connectivity index (χ0n) is 12.5. The number of carbonyl (C=O) groups is 1. The predicted molar refractivity (Wildman–Crippen MR) is 82.7 cm³/mol. The Hall–Kier alpha value is -1.39. The number of carbonyl (C=O) groups excluding carboxylic acids is 1. The molecular formula is C16H25N3O. The zero-order chi connectivity index (χ0) is 14.6. The number of hydrogen-bond donors (Lipinski definition) is 2. The molecule has 1 aromatic carbocycles. The molecule has 0 atom stereocenters. The molecule has 0 heterocycles. The van der Waals surface area contributed by atoms with Gasteiger partial charge in [-0.05, 0) is 38.4 Å². The van der Waals surface area contributed by atoms with E-state index in [1.54, 1.807) is 0 Å². The Bertz CT molecular complexity index is 467. The van der Waals surface area contributed by atoms with Crippen molar-refractivity contribution in [3.63, 3.8) is 0 Å². The fourth-order valence-electron chi connectivity index (χ4n) is 3.06. The summed E-state index contributed by atoms with van der Waals surface area (Å²) in [6, 6.07) is 7.84. The van der Waals surface area contributed by atoms with Crippen LogP contribution in [0.15, 0.2) is 24.3 Å². The number of nitrogens with one attached hydrogen (secondary N) is 1. The number of likely N-dealkylation sites (N-methyl/N-ethyl adjacent to an activating group) is 1. The van der Waals surface area contributed by atoms with Gasteiger partial charge in [0, 0.05) is 17.8 Å². The summed E-state index contributed by atoms with van der Waals surface area (Å²) < 4.78 is 0. The van der Waals surface area contributed by atoms with Crippen LogP contribution < -0.4 is 11.1 Å². The van der Waals surface area contributed by atoms with Gasteiger partial charge in [0.25, 0.3) is 0 Å². The molecule has 1 saturated carbocycles. The Morgan fingerprint density at radius 1 is 1.35 bits per heavy atom. The summed E-state index contributed by atoms with van der Waals surface area (Å²) in [5.74, 6) is 0.0292. The average molecular weight is 275 g/mol. The zero-order valence-corrected chi connectivity index (χ0v) is 12.5. The Kier molecular flexibility index (Phi) is 4.78. The van der Waals surface area contributed by atoms with Gasteiger partial charge in [-0.2, -0.15) is 0 Å². The molecule has 0 radical (unpaired) electrons. The number of rotatable bonds is 5. The first-order valence-corrected chi connectivity index (χ1v) is 7.34. The summed E-state index contributed by atoms with van der Waals surface area (Å²) in [6.07, 6.45) is 4.61. The first-order valence-electron chi connectivity index (χ1n) is 7.34. The van der Waals surface area contributed by atoms with Gasteiger partial charge in [0.15, 0.2) is 0 Å². The molecule has 0 saturated heterocycles. The van der Waals surface area contributed by atoms with Crippen molar-refractivity contribution in [2.45, 2.75) is 38.1 Å². The van der Waals surface area contributed by atoms with Crippen molar-refractivity contribution in [2.75, 3.05) is 25.5 Å². The van der Waals surface area contributed by atoms with Gasteiger partial charge >= 0.3 is 0 Å². The smallest absolute Gasteiger partial charge is 0.238 e. The molecule has 3 N–H and O–H groups in total. The van der Waals surface area contributed by atoms with Crippen LogP contribution in [0.2, 0.25) is 0 Å². The monoisotopic (exact) mass is 275 g/mol. The maximum absolute atomic E-state index is 12.2. The van der Waals surface area contributed by atoms with Crippen molar-refractivity contribution in [3.8, 4) is 0 Å². The van der Waals surface area contributed by atoms with E-state index in [1.807, 2.05) is 38.2 Å². The van der Waals surface area contributed by atoms with E-state index in [-0.39, 0.29) is 11.4 Å². The molecule has 0 spiro atoms. The Morgan fingerprint density at radius 3 is 2.60 bits per heavy atom. The molecule has 20 heavy (non-hydrogen) atoms. The molecule has 1 fully saturated rings. The van der Waals surface area contributed by atoms with Crippen LogP contribution in [-0.2, 0) is 4.79 Å². The highest BCUT2D eigenvalue weighted by Gasteiger charge is 2.36. The molecule has 4 heteroatoms. The molecule has 0 unspecified atom stereocenters. The van der Waals surface area contributed by atoms with Crippen LogP contribution in [0.25, 0.3) is 0 Å². The third-order valence-electron chi connectivity index (χ3n) is 4.52. The van der Waals surface area contributed by atoms with Crippen LogP contribution in [-0.4, -0.2) is 36.5 Å². The molecule has 1 aliphatic carbocycles. The normalized spacial score (nSPS) is 17.4. The van der Waals surface area contributed by atoms with Crippen molar-refractivity contribution in [3.05, 3.63) is 29.8 Å². The van der Waals surface area contributed by atoms with E-state index in [0.717, 1.165) is 24.1 Å². The summed E-state index contributed by atoms with van der Waals surface area (Å²) >= 11 is 0. The molecule has 2 rings (SSSR count). The van der Waals surface area contributed by atoms with Gasteiger partial charge in [-0.3, -0.25) is 9.69 Å². The molecule has 0 aliphatic heterocycles. The fraction of sp³-hybridized carbons (Fsp3) is 0.562. The maximum Gasteiger partial charge on any atom is 0.238 e. The molecular weight excluding hydrogens is 250 g/mol. The van der Waals surface area contributed by atoms with Gasteiger partial charge in [-0.15, -0.1) is 0 Å². The van der Waals surface area contributed by atoms with Gasteiger partial charge in [0.2, 0.25) is 5.91 Å². The Morgan fingerprint density at radius 2 is 2.00 bits per heavy atom. The van der Waals surface area contributed by atoms with Crippen LogP contribution in [0.4, 0.5) is 5.69 Å². The van der Waals surface area contributed by atoms with Crippen LogP contribution in [0.3, 0.4) is 0 Å². The number of nitrogens with two attached hydrogens (primary N) is 1. The maximum atomic E-state index is 12.2. The largest absolute Gasteiger partial charge is 0.329 e. The number of hydrogen-bond acceptors (Lipinski definition) is 3. The fourth-order valence-corrected chi connectivity index (χ4v) is 3.06. The van der Waals surface area contributed by atoms with E-state index in [2.05, 4.69) is 10.2 Å². The summed E-state index contributed by atoms with van der Waals surface area (Å²) in [5, 5.41) is 2.98. The lowest BCUT2D eigenvalue weighted by Gasteiger charge is -2.37. The van der Waals surface area contributed by atoms with Gasteiger partial charge in [0.1, 0.15) is 0 Å². The quantitative estimate of drug-likeness (QED) is 0.865. The minimum absolute atomic E-state index is 0.0169. The van der Waals surface area contributed by atoms with Gasteiger partial charge in [-0.1, -0.05) is 31.0 Å². The van der Waals surface area contributed by atoms with Crippen molar-refractivity contribution < 1.29 is 4.79 Å². The van der Waals surface area contributed by atoms with Gasteiger partial charge in [0.05, 0.1) is 6.54 Å². The highest BCUT2D eigenvalue weighted by atomic mass is 16.2. The summed E-state index contributed by atoms with van der Waals surface area (Å²) in [7, 11) is 2.01. The summed E-state index contributed by atoms with van der Waals surface area (Å²) in [6.45, 7) is 3.02. The molecule has 1 aliphatic rings. The first-order chi connectivity index (χ1) is 9.57. The minimum Gasteiger partial charge on any atom is -0.329 e. The van der Waals surface area contributed by atoms with Crippen LogP contribution in [0.1, 0.15) is 31.2 Å². The van der Waals surface area contributed by atoms with E-state index in [9.17, 15) is 4.79 Å². The number of aryl methyl sites for hydroxylation is 1. The van der Waals surface area contributed by atoms with Gasteiger partial charge in [-0.25, -0.2) is 0 Å². The van der Waals surface area contributed by atoms with E-state index in [0.29, 0.717) is 13.1 Å². The molecule has 0 aromatic heterocycles. The molecule has 0 bridgehead atoms. The number of anilines is 1. The second kappa shape index (κ2) is 6.37. The Labute approximate surface area is 121 Å². The van der Waals surface area contributed by atoms with Crippen LogP contribution in [0.5, 0.6) is 0 Å². The van der Waals surface area contributed by atoms with Crippen LogP contribution >= 0.6 is 0 Å². The summed E-state index contributed by atoms with van der Waals surface area (Å²) in [4.78, 5) is 14.3. The third kappa shape index (κ3) is 3.19. The van der Waals surface area contributed by atoms with Crippen molar-refractivity contribution >= 4 is 11.6 Å². The van der Waals surface area contributed by atoms with E-state index in [1.165, 1.54) is 12.8 Å². The average Bonchev–Trinajstić information content (AvgIpc) is 2.91. The second-order valence-electron chi connectivity index (χ2n) is 5.85. The van der Waals surface area contributed by atoms with Crippen molar-refractivity contribution in [1.29, 1.82) is 0 Å². The third-order valence-corrected chi connectivity index (χ3v) is 4.52. The van der Waals surface area contributed by atoms with E-state index < -0.39 is 0 Å². The van der Waals surface area contributed by atoms with Crippen molar-refractivity contribution in [1.82, 2.24) is 4.90 Å². The standard InChI is InChI=1S/C16H25N3O/c1-13-7-3-4-8-14(13)18-15(20)11-19(2)16(12-17)9-5-6-10-16/h3-4,7-8H,5-6,9-12,17H2,1-2H3,(H,18,20). The molecule has 1 aromatic rings. The lowest BCUT2D eigenvalue weighted by molar-refractivity contribution is -0.118. The number of nitrogens with zero attached hydrogens (tertiary/aromatic N) is 1. The van der Waals surface area contributed by atoms with Gasteiger partial charge < -0.3 is 11.1 Å². The highest BCUT2D eigenvalue weighted by Crippen LogP contribution is 2.33. The van der Waals surface area contributed by atoms with Crippen LogP contribution in [0, 0.1) is 6.92 Å². The SMILES string of the molecule is Cc1ccccc1NC(=O)CN(C)C1(CN)CCCC1. The lowest BCUT2D eigenvalue weighted by atomic mass is 9.96. The second-order valence-corrected chi connectivity index (χ2v) is 5.85. The predicted octanol–water partition coefficient (Wildman–Crippen LogP) is 2.14. The first kappa shape index (κ1) is 15.0. The molecule has 4 nitrogen and oxygen atoms in total. The summed E-state index contributed by atoms with van der Waals surface area (Å²) in [5.41, 5.74) is 7.94. The van der Waals surface area contributed by atoms with E-state index in [4.69, 9.17) is 5.73 Å². The minimum atomic E-state index is 0.0169. The highest BCUT2D eigenvalue weighted by molar-refractivity contribution is 5.92. The number of benzene rings is 1. The molecule has 110 valence electrons. The van der Waals surface area contributed by atoms with Crippen molar-refractivity contribution in [2.24, 2.45) is 5.73 Å². The number of para-hydroxylation sites is 1. The molecule has 1 amide bonds. The number of amides is 1. The van der Waals surface area contributed by atoms with E-state index >= 15 is 0 Å².